The van der Waals surface area contributed by atoms with E-state index in [0.717, 1.165) is 18.5 Å². The zero-order chi connectivity index (χ0) is 10.7. The Balaban J connectivity index is 2.42. The van der Waals surface area contributed by atoms with Crippen LogP contribution in [0.2, 0.25) is 0 Å². The minimum absolute atomic E-state index is 0.484. The van der Waals surface area contributed by atoms with Crippen LogP contribution in [0.15, 0.2) is 30.5 Å². The molecule has 15 heavy (non-hydrogen) atoms. The second-order valence-electron chi connectivity index (χ2n) is 3.59. The van der Waals surface area contributed by atoms with Crippen molar-refractivity contribution in [3.8, 4) is 0 Å². The number of aromatic nitrogens is 2. The van der Waals surface area contributed by atoms with Crippen LogP contribution < -0.4 is 0 Å². The highest BCUT2D eigenvalue weighted by Gasteiger charge is 2.07. The van der Waals surface area contributed by atoms with Gasteiger partial charge in [0.1, 0.15) is 0 Å². The zero-order valence-electron chi connectivity index (χ0n) is 8.65. The third-order valence-corrected chi connectivity index (χ3v) is 3.48. The van der Waals surface area contributed by atoms with Crippen LogP contribution >= 0.6 is 15.9 Å². The van der Waals surface area contributed by atoms with E-state index in [4.69, 9.17) is 0 Å². The molecule has 0 N–H and O–H groups in total. The highest BCUT2D eigenvalue weighted by molar-refractivity contribution is 9.09. The van der Waals surface area contributed by atoms with Gasteiger partial charge in [-0.15, -0.1) is 0 Å². The van der Waals surface area contributed by atoms with Gasteiger partial charge in [-0.2, -0.15) is 10.2 Å². The fraction of sp³-hybridized carbons (Fsp3) is 0.333. The maximum atomic E-state index is 4.21. The fourth-order valence-electron chi connectivity index (χ4n) is 1.59. The lowest BCUT2D eigenvalue weighted by Crippen LogP contribution is -2.04. The van der Waals surface area contributed by atoms with E-state index in [1.54, 1.807) is 0 Å². The Kier molecular flexibility index (Phi) is 3.31. The molecule has 1 unspecified atom stereocenters. The van der Waals surface area contributed by atoms with Crippen molar-refractivity contribution in [1.29, 1.82) is 0 Å². The molecule has 0 radical (unpaired) electrons. The SMILES string of the molecule is CCC(Br)Cc1nncc2ccccc12. The Morgan fingerprint density at radius 3 is 2.93 bits per heavy atom. The molecule has 3 heteroatoms. The first-order valence-corrected chi connectivity index (χ1v) is 6.06. The third-order valence-electron chi connectivity index (χ3n) is 2.50. The van der Waals surface area contributed by atoms with Crippen molar-refractivity contribution in [1.82, 2.24) is 10.2 Å². The molecule has 78 valence electrons. The van der Waals surface area contributed by atoms with Gasteiger partial charge < -0.3 is 0 Å². The number of nitrogens with zero attached hydrogens (tertiary/aromatic N) is 2. The van der Waals surface area contributed by atoms with E-state index in [9.17, 15) is 0 Å². The van der Waals surface area contributed by atoms with Crippen LogP contribution in [-0.2, 0) is 6.42 Å². The average molecular weight is 265 g/mol. The lowest BCUT2D eigenvalue weighted by molar-refractivity contribution is 0.796. The molecule has 0 saturated carbocycles. The molecule has 0 fully saturated rings. The van der Waals surface area contributed by atoms with Crippen LogP contribution in [-0.4, -0.2) is 15.0 Å². The van der Waals surface area contributed by atoms with Gasteiger partial charge in [0.25, 0.3) is 0 Å². The van der Waals surface area contributed by atoms with Gasteiger partial charge in [0.15, 0.2) is 0 Å². The van der Waals surface area contributed by atoms with Crippen molar-refractivity contribution in [2.24, 2.45) is 0 Å². The standard InChI is InChI=1S/C12H13BrN2/c1-2-10(13)7-12-11-6-4-3-5-9(11)8-14-15-12/h3-6,8,10H,2,7H2,1H3. The van der Waals surface area contributed by atoms with Gasteiger partial charge in [-0.3, -0.25) is 0 Å². The lowest BCUT2D eigenvalue weighted by Gasteiger charge is -2.07. The number of halogens is 1. The predicted octanol–water partition coefficient (Wildman–Crippen LogP) is 3.35. The molecule has 1 atom stereocenters. The quantitative estimate of drug-likeness (QED) is 0.795. The Hall–Kier alpha value is -0.960. The highest BCUT2D eigenvalue weighted by Crippen LogP contribution is 2.19. The van der Waals surface area contributed by atoms with Gasteiger partial charge >= 0.3 is 0 Å². The van der Waals surface area contributed by atoms with Crippen LogP contribution in [0.4, 0.5) is 0 Å². The molecule has 0 saturated heterocycles. The van der Waals surface area contributed by atoms with Crippen molar-refractivity contribution in [3.63, 3.8) is 0 Å². The Morgan fingerprint density at radius 1 is 1.33 bits per heavy atom. The molecule has 0 bridgehead atoms. The largest absolute Gasteiger partial charge is 0.158 e. The zero-order valence-corrected chi connectivity index (χ0v) is 10.2. The number of fused-ring (bicyclic) bond motifs is 1. The molecule has 1 aromatic heterocycles. The van der Waals surface area contributed by atoms with Gasteiger partial charge in [0.2, 0.25) is 0 Å². The minimum atomic E-state index is 0.484. The summed E-state index contributed by atoms with van der Waals surface area (Å²) >= 11 is 3.63. The van der Waals surface area contributed by atoms with Gasteiger partial charge in [0, 0.05) is 22.0 Å². The van der Waals surface area contributed by atoms with E-state index >= 15 is 0 Å². The van der Waals surface area contributed by atoms with Crippen LogP contribution in [0.5, 0.6) is 0 Å². The maximum absolute atomic E-state index is 4.21. The molecule has 0 amide bonds. The van der Waals surface area contributed by atoms with E-state index in [1.807, 2.05) is 18.3 Å². The summed E-state index contributed by atoms with van der Waals surface area (Å²) in [5.74, 6) is 0. The molecule has 1 heterocycles. The number of hydrogen-bond acceptors (Lipinski definition) is 2. The van der Waals surface area contributed by atoms with Gasteiger partial charge in [-0.1, -0.05) is 47.1 Å². The molecule has 0 aliphatic heterocycles. The van der Waals surface area contributed by atoms with Crippen molar-refractivity contribution in [2.45, 2.75) is 24.6 Å². The summed E-state index contributed by atoms with van der Waals surface area (Å²) in [6.07, 6.45) is 3.85. The molecular formula is C12H13BrN2. The molecule has 1 aromatic carbocycles. The van der Waals surface area contributed by atoms with E-state index in [2.05, 4.69) is 45.2 Å². The Bertz CT molecular complexity index is 451. The second kappa shape index (κ2) is 4.71. The summed E-state index contributed by atoms with van der Waals surface area (Å²) in [5.41, 5.74) is 1.08. The van der Waals surface area contributed by atoms with Crippen LogP contribution in [0, 0.1) is 0 Å². The molecule has 0 aliphatic rings. The van der Waals surface area contributed by atoms with Gasteiger partial charge in [-0.25, -0.2) is 0 Å². The van der Waals surface area contributed by atoms with Crippen LogP contribution in [0.25, 0.3) is 10.8 Å². The number of benzene rings is 1. The Morgan fingerprint density at radius 2 is 2.13 bits per heavy atom. The van der Waals surface area contributed by atoms with Gasteiger partial charge in [0.05, 0.1) is 11.9 Å². The van der Waals surface area contributed by atoms with Crippen molar-refractivity contribution < 1.29 is 0 Å². The average Bonchev–Trinajstić information content (AvgIpc) is 2.29. The fourth-order valence-corrected chi connectivity index (χ4v) is 1.90. The van der Waals surface area contributed by atoms with Crippen LogP contribution in [0.1, 0.15) is 19.0 Å². The second-order valence-corrected chi connectivity index (χ2v) is 4.88. The first-order valence-electron chi connectivity index (χ1n) is 5.14. The summed E-state index contributed by atoms with van der Waals surface area (Å²) in [5, 5.41) is 10.6. The topological polar surface area (TPSA) is 25.8 Å². The van der Waals surface area contributed by atoms with Crippen molar-refractivity contribution >= 4 is 26.7 Å². The predicted molar refractivity (Wildman–Crippen MR) is 66.2 cm³/mol. The highest BCUT2D eigenvalue weighted by atomic mass is 79.9. The molecule has 2 rings (SSSR count). The van der Waals surface area contributed by atoms with Crippen molar-refractivity contribution in [2.75, 3.05) is 0 Å². The normalized spacial score (nSPS) is 12.9. The number of hydrogen-bond donors (Lipinski definition) is 0. The first kappa shape index (κ1) is 10.6. The van der Waals surface area contributed by atoms with E-state index in [-0.39, 0.29) is 0 Å². The summed E-state index contributed by atoms with van der Waals surface area (Å²) < 4.78 is 0. The maximum Gasteiger partial charge on any atom is 0.0720 e. The van der Waals surface area contributed by atoms with Crippen molar-refractivity contribution in [3.05, 3.63) is 36.2 Å². The summed E-state index contributed by atoms with van der Waals surface area (Å²) in [4.78, 5) is 0.484. The monoisotopic (exact) mass is 264 g/mol. The summed E-state index contributed by atoms with van der Waals surface area (Å²) in [6, 6.07) is 8.25. The molecule has 2 aromatic rings. The van der Waals surface area contributed by atoms with Crippen LogP contribution in [0.3, 0.4) is 0 Å². The van der Waals surface area contributed by atoms with E-state index < -0.39 is 0 Å². The molecule has 0 spiro atoms. The smallest absolute Gasteiger partial charge is 0.0720 e. The van der Waals surface area contributed by atoms with Gasteiger partial charge in [-0.05, 0) is 6.42 Å². The van der Waals surface area contributed by atoms with E-state index in [1.165, 1.54) is 10.8 Å². The molecular weight excluding hydrogens is 252 g/mol. The van der Waals surface area contributed by atoms with E-state index in [0.29, 0.717) is 4.83 Å². The summed E-state index contributed by atoms with van der Waals surface area (Å²) in [7, 11) is 0. The molecule has 0 aliphatic carbocycles. The number of rotatable bonds is 3. The lowest BCUT2D eigenvalue weighted by atomic mass is 10.1. The minimum Gasteiger partial charge on any atom is -0.158 e. The Labute approximate surface area is 97.8 Å². The summed E-state index contributed by atoms with van der Waals surface area (Å²) in [6.45, 7) is 2.16. The molecule has 2 nitrogen and oxygen atoms in total. The number of alkyl halides is 1. The third kappa shape index (κ3) is 2.34. The first-order chi connectivity index (χ1) is 7.31.